The zero-order valence-electron chi connectivity index (χ0n) is 5.75. The van der Waals surface area contributed by atoms with Crippen molar-refractivity contribution in [1.29, 1.82) is 0 Å². The van der Waals surface area contributed by atoms with Crippen LogP contribution < -0.4 is 0 Å². The maximum atomic E-state index is 4.98. The molecule has 0 fully saturated rings. The third-order valence-electron chi connectivity index (χ3n) is 1.34. The van der Waals surface area contributed by atoms with Crippen LogP contribution in [-0.2, 0) is 14.1 Å². The second kappa shape index (κ2) is 1.95. The molecule has 0 atom stereocenters. The van der Waals surface area contributed by atoms with Crippen molar-refractivity contribution >= 4 is 12.2 Å². The number of rotatable bonds is 0. The molecule has 0 saturated carbocycles. The lowest BCUT2D eigenvalue weighted by Gasteiger charge is -1.86. The summed E-state index contributed by atoms with van der Waals surface area (Å²) >= 11 is 4.98. The Kier molecular flexibility index (Phi) is 1.40. The van der Waals surface area contributed by atoms with Gasteiger partial charge in [-0.25, -0.2) is 4.68 Å². The van der Waals surface area contributed by atoms with Crippen LogP contribution in [-0.4, -0.2) is 14.3 Å². The highest BCUT2D eigenvalue weighted by Crippen LogP contribution is 1.92. The smallest absolute Gasteiger partial charge is 0.197 e. The number of hydrogen-bond donors (Lipinski definition) is 0. The van der Waals surface area contributed by atoms with Gasteiger partial charge in [-0.15, -0.1) is 0 Å². The summed E-state index contributed by atoms with van der Waals surface area (Å²) in [6.45, 7) is 1.93. The van der Waals surface area contributed by atoms with Crippen LogP contribution in [0.4, 0.5) is 0 Å². The predicted octanol–water partition coefficient (Wildman–Crippen LogP) is 0.797. The molecule has 50 valence electrons. The van der Waals surface area contributed by atoms with E-state index in [2.05, 4.69) is 5.10 Å². The number of aryl methyl sites for hydroxylation is 2. The quantitative estimate of drug-likeness (QED) is 0.501. The van der Waals surface area contributed by atoms with Gasteiger partial charge in [0.1, 0.15) is 5.82 Å². The van der Waals surface area contributed by atoms with Crippen LogP contribution in [0.1, 0.15) is 5.82 Å². The molecule has 0 saturated heterocycles. The van der Waals surface area contributed by atoms with Crippen molar-refractivity contribution in [3.63, 3.8) is 0 Å². The van der Waals surface area contributed by atoms with E-state index in [0.29, 0.717) is 0 Å². The van der Waals surface area contributed by atoms with Crippen LogP contribution in [0.2, 0.25) is 0 Å². The van der Waals surface area contributed by atoms with E-state index in [1.165, 1.54) is 0 Å². The Hall–Kier alpha value is -0.640. The molecule has 0 spiro atoms. The first-order chi connectivity index (χ1) is 4.13. The Balaban J connectivity index is 3.48. The van der Waals surface area contributed by atoms with Crippen molar-refractivity contribution in [2.75, 3.05) is 0 Å². The Morgan fingerprint density at radius 2 is 2.00 bits per heavy atom. The molecule has 1 rings (SSSR count). The van der Waals surface area contributed by atoms with Gasteiger partial charge in [-0.05, 0) is 19.1 Å². The van der Waals surface area contributed by atoms with Crippen LogP contribution in [0.5, 0.6) is 0 Å². The number of aromatic nitrogens is 3. The molecule has 0 bridgehead atoms. The molecule has 0 amide bonds. The molecule has 0 aromatic carbocycles. The maximum absolute atomic E-state index is 4.98. The average molecular weight is 143 g/mol. The van der Waals surface area contributed by atoms with E-state index < -0.39 is 0 Å². The van der Waals surface area contributed by atoms with Crippen LogP contribution in [0.15, 0.2) is 0 Å². The molecule has 3 nitrogen and oxygen atoms in total. The fourth-order valence-corrected chi connectivity index (χ4v) is 0.855. The summed E-state index contributed by atoms with van der Waals surface area (Å²) in [5.74, 6) is 0.947. The molecular formula is C5H9N3S. The molecule has 4 heteroatoms. The second-order valence-corrected chi connectivity index (χ2v) is 2.38. The number of nitrogens with zero attached hydrogens (tertiary/aromatic N) is 3. The Bertz CT molecular complexity index is 270. The Morgan fingerprint density at radius 3 is 2.11 bits per heavy atom. The van der Waals surface area contributed by atoms with Crippen molar-refractivity contribution in [1.82, 2.24) is 14.3 Å². The fourth-order valence-electron chi connectivity index (χ4n) is 0.682. The van der Waals surface area contributed by atoms with Gasteiger partial charge in [-0.2, -0.15) is 5.10 Å². The highest BCUT2D eigenvalue weighted by Gasteiger charge is 1.95. The Morgan fingerprint density at radius 1 is 1.44 bits per heavy atom. The summed E-state index contributed by atoms with van der Waals surface area (Å²) < 4.78 is 4.31. The zero-order valence-corrected chi connectivity index (χ0v) is 6.57. The van der Waals surface area contributed by atoms with Gasteiger partial charge >= 0.3 is 0 Å². The van der Waals surface area contributed by atoms with E-state index in [4.69, 9.17) is 12.2 Å². The van der Waals surface area contributed by atoms with Gasteiger partial charge in [0.15, 0.2) is 4.77 Å². The van der Waals surface area contributed by atoms with Gasteiger partial charge in [0, 0.05) is 14.1 Å². The third kappa shape index (κ3) is 0.896. The first kappa shape index (κ1) is 6.48. The van der Waals surface area contributed by atoms with Crippen molar-refractivity contribution in [3.05, 3.63) is 10.6 Å². The lowest BCUT2D eigenvalue weighted by atomic mass is 10.7. The molecule has 0 aliphatic rings. The standard InChI is InChI=1S/C5H9N3S/c1-4-6-8(3)5(9)7(4)2/h1-3H3. The van der Waals surface area contributed by atoms with Crippen molar-refractivity contribution in [3.8, 4) is 0 Å². The first-order valence-electron chi connectivity index (χ1n) is 2.69. The Labute approximate surface area is 58.9 Å². The minimum absolute atomic E-state index is 0.757. The van der Waals surface area contributed by atoms with Gasteiger partial charge < -0.3 is 4.57 Å². The number of hydrogen-bond acceptors (Lipinski definition) is 2. The van der Waals surface area contributed by atoms with Crippen LogP contribution in [0.25, 0.3) is 0 Å². The molecule has 1 heterocycles. The minimum atomic E-state index is 0.757. The van der Waals surface area contributed by atoms with Crippen molar-refractivity contribution in [2.24, 2.45) is 14.1 Å². The SMILES string of the molecule is Cc1nn(C)c(=S)n1C. The summed E-state index contributed by atoms with van der Waals surface area (Å²) in [6.07, 6.45) is 0. The minimum Gasteiger partial charge on any atom is -0.307 e. The molecule has 0 radical (unpaired) electrons. The predicted molar refractivity (Wildman–Crippen MR) is 37.8 cm³/mol. The first-order valence-corrected chi connectivity index (χ1v) is 3.10. The molecule has 0 aliphatic carbocycles. The lowest BCUT2D eigenvalue weighted by Crippen LogP contribution is -1.91. The van der Waals surface area contributed by atoms with Crippen LogP contribution in [0, 0.1) is 11.7 Å². The highest BCUT2D eigenvalue weighted by molar-refractivity contribution is 7.71. The summed E-state index contributed by atoms with van der Waals surface area (Å²) in [6, 6.07) is 0. The van der Waals surface area contributed by atoms with Gasteiger partial charge in [0.05, 0.1) is 0 Å². The van der Waals surface area contributed by atoms with E-state index >= 15 is 0 Å². The average Bonchev–Trinajstić information content (AvgIpc) is 1.98. The lowest BCUT2D eigenvalue weighted by molar-refractivity contribution is 0.739. The van der Waals surface area contributed by atoms with Crippen molar-refractivity contribution < 1.29 is 0 Å². The summed E-state index contributed by atoms with van der Waals surface area (Å²) in [5.41, 5.74) is 0. The molecule has 1 aromatic rings. The summed E-state index contributed by atoms with van der Waals surface area (Å²) in [5, 5.41) is 4.09. The van der Waals surface area contributed by atoms with E-state index in [0.717, 1.165) is 10.6 Å². The zero-order chi connectivity index (χ0) is 7.02. The van der Waals surface area contributed by atoms with Gasteiger partial charge in [-0.3, -0.25) is 0 Å². The normalized spacial score (nSPS) is 10.1. The molecule has 1 aromatic heterocycles. The summed E-state index contributed by atoms with van der Waals surface area (Å²) in [7, 11) is 3.75. The fraction of sp³-hybridized carbons (Fsp3) is 0.600. The highest BCUT2D eigenvalue weighted by atomic mass is 32.1. The van der Waals surface area contributed by atoms with Gasteiger partial charge in [0.2, 0.25) is 0 Å². The van der Waals surface area contributed by atoms with E-state index in [9.17, 15) is 0 Å². The van der Waals surface area contributed by atoms with Gasteiger partial charge in [-0.1, -0.05) is 0 Å². The summed E-state index contributed by atoms with van der Waals surface area (Å²) in [4.78, 5) is 0. The molecular weight excluding hydrogens is 134 g/mol. The molecule has 0 unspecified atom stereocenters. The third-order valence-corrected chi connectivity index (χ3v) is 1.88. The molecule has 0 aliphatic heterocycles. The second-order valence-electron chi connectivity index (χ2n) is 2.01. The van der Waals surface area contributed by atoms with E-state index in [1.54, 1.807) is 4.68 Å². The van der Waals surface area contributed by atoms with Crippen molar-refractivity contribution in [2.45, 2.75) is 6.92 Å². The molecule has 0 N–H and O–H groups in total. The monoisotopic (exact) mass is 143 g/mol. The van der Waals surface area contributed by atoms with Crippen LogP contribution in [0.3, 0.4) is 0 Å². The molecule has 9 heavy (non-hydrogen) atoms. The maximum Gasteiger partial charge on any atom is 0.197 e. The van der Waals surface area contributed by atoms with E-state index in [-0.39, 0.29) is 0 Å². The van der Waals surface area contributed by atoms with Crippen LogP contribution >= 0.6 is 12.2 Å². The van der Waals surface area contributed by atoms with Gasteiger partial charge in [0.25, 0.3) is 0 Å². The van der Waals surface area contributed by atoms with E-state index in [1.807, 2.05) is 25.6 Å². The largest absolute Gasteiger partial charge is 0.307 e. The topological polar surface area (TPSA) is 22.8 Å².